The molecule has 26 heavy (non-hydrogen) atoms. The van der Waals surface area contributed by atoms with Gasteiger partial charge in [0.15, 0.2) is 5.65 Å². The van der Waals surface area contributed by atoms with Gasteiger partial charge in [-0.2, -0.15) is 0 Å². The van der Waals surface area contributed by atoms with Gasteiger partial charge in [-0.25, -0.2) is 4.98 Å². The fraction of sp³-hybridized carbons (Fsp3) is 0.0476. The Morgan fingerprint density at radius 3 is 2.62 bits per heavy atom. The van der Waals surface area contributed by atoms with Crippen LogP contribution in [0.4, 0.5) is 0 Å². The van der Waals surface area contributed by atoms with E-state index in [2.05, 4.69) is 4.98 Å². The van der Waals surface area contributed by atoms with Gasteiger partial charge in [-0.1, -0.05) is 42.5 Å². The maximum absolute atomic E-state index is 12.7. The second kappa shape index (κ2) is 6.72. The molecule has 0 aliphatic rings. The van der Waals surface area contributed by atoms with E-state index >= 15 is 0 Å². The summed E-state index contributed by atoms with van der Waals surface area (Å²) in [5, 5.41) is 10.5. The van der Waals surface area contributed by atoms with Crippen molar-refractivity contribution in [3.05, 3.63) is 94.9 Å². The van der Waals surface area contributed by atoms with Gasteiger partial charge in [-0.05, 0) is 41.0 Å². The third kappa shape index (κ3) is 3.02. The highest BCUT2D eigenvalue weighted by Crippen LogP contribution is 2.28. The zero-order valence-electron chi connectivity index (χ0n) is 13.9. The van der Waals surface area contributed by atoms with Crippen LogP contribution in [0.5, 0.6) is 5.75 Å². The van der Waals surface area contributed by atoms with Crippen LogP contribution in [-0.2, 0) is 6.61 Å². The number of phenols is 1. The van der Waals surface area contributed by atoms with Gasteiger partial charge in [-0.15, -0.1) is 4.73 Å². The molecule has 0 saturated heterocycles. The monoisotopic (exact) mass is 344 g/mol. The van der Waals surface area contributed by atoms with E-state index in [1.807, 2.05) is 42.5 Å². The Bertz CT molecular complexity index is 1120. The molecule has 1 N–H and O–H groups in total. The molecule has 0 amide bonds. The third-order valence-electron chi connectivity index (χ3n) is 4.10. The van der Waals surface area contributed by atoms with Gasteiger partial charge >= 0.3 is 0 Å². The highest BCUT2D eigenvalue weighted by atomic mass is 16.7. The van der Waals surface area contributed by atoms with Crippen molar-refractivity contribution in [2.24, 2.45) is 0 Å². The van der Waals surface area contributed by atoms with E-state index in [4.69, 9.17) is 4.84 Å². The zero-order chi connectivity index (χ0) is 17.9. The van der Waals surface area contributed by atoms with E-state index in [1.165, 1.54) is 10.8 Å². The Hall–Kier alpha value is -3.60. The van der Waals surface area contributed by atoms with Gasteiger partial charge < -0.3 is 9.94 Å². The Morgan fingerprint density at radius 1 is 0.962 bits per heavy atom. The fourth-order valence-corrected chi connectivity index (χ4v) is 2.88. The summed E-state index contributed by atoms with van der Waals surface area (Å²) in [4.78, 5) is 22.8. The molecule has 2 aromatic carbocycles. The summed E-state index contributed by atoms with van der Waals surface area (Å²) in [6.45, 7) is 0.262. The number of fused-ring (bicyclic) bond motifs is 1. The van der Waals surface area contributed by atoms with Crippen LogP contribution in [0.25, 0.3) is 22.2 Å². The van der Waals surface area contributed by atoms with Gasteiger partial charge in [0, 0.05) is 17.6 Å². The molecule has 5 nitrogen and oxygen atoms in total. The lowest BCUT2D eigenvalue weighted by atomic mass is 10.0. The molecule has 0 aliphatic carbocycles. The standard InChI is InChI=1S/C21H16N2O3/c24-17-9-4-8-16(12-17)19-13-20(25)23(21-18(19)10-5-11-22-21)26-14-15-6-2-1-3-7-15/h1-13,24H,14H2. The number of hydrogen-bond donors (Lipinski definition) is 1. The number of pyridine rings is 2. The molecular formula is C21H16N2O3. The molecule has 0 saturated carbocycles. The molecule has 5 heteroatoms. The number of aromatic hydroxyl groups is 1. The van der Waals surface area contributed by atoms with Crippen LogP contribution >= 0.6 is 0 Å². The van der Waals surface area contributed by atoms with E-state index in [9.17, 15) is 9.90 Å². The van der Waals surface area contributed by atoms with Crippen molar-refractivity contribution in [1.29, 1.82) is 0 Å². The van der Waals surface area contributed by atoms with Crippen LogP contribution in [0.2, 0.25) is 0 Å². The molecule has 0 spiro atoms. The van der Waals surface area contributed by atoms with Crippen molar-refractivity contribution in [2.45, 2.75) is 6.61 Å². The molecule has 4 rings (SSSR count). The second-order valence-corrected chi connectivity index (χ2v) is 5.87. The first-order valence-electron chi connectivity index (χ1n) is 8.20. The van der Waals surface area contributed by atoms with E-state index in [0.29, 0.717) is 11.2 Å². The minimum atomic E-state index is -0.314. The lowest BCUT2D eigenvalue weighted by molar-refractivity contribution is 0.0980. The van der Waals surface area contributed by atoms with Gasteiger partial charge in [-0.3, -0.25) is 4.79 Å². The summed E-state index contributed by atoms with van der Waals surface area (Å²) in [6.07, 6.45) is 1.62. The SMILES string of the molecule is O=c1cc(-c2cccc(O)c2)c2cccnc2n1OCc1ccccc1. The quantitative estimate of drug-likeness (QED) is 0.616. The number of hydrogen-bond acceptors (Lipinski definition) is 4. The van der Waals surface area contributed by atoms with Crippen molar-refractivity contribution in [3.63, 3.8) is 0 Å². The van der Waals surface area contributed by atoms with Crippen LogP contribution in [0.1, 0.15) is 5.56 Å². The molecule has 0 bridgehead atoms. The lowest BCUT2D eigenvalue weighted by Crippen LogP contribution is -2.27. The van der Waals surface area contributed by atoms with Crippen LogP contribution in [-0.4, -0.2) is 14.8 Å². The molecule has 0 aliphatic heterocycles. The van der Waals surface area contributed by atoms with Crippen molar-refractivity contribution in [2.75, 3.05) is 0 Å². The Labute approximate surface area is 149 Å². The normalized spacial score (nSPS) is 10.8. The highest BCUT2D eigenvalue weighted by molar-refractivity contribution is 5.92. The van der Waals surface area contributed by atoms with E-state index in [0.717, 1.165) is 16.5 Å². The number of aromatic nitrogens is 2. The molecular weight excluding hydrogens is 328 g/mol. The predicted octanol–water partition coefficient (Wildman–Crippen LogP) is 3.40. The van der Waals surface area contributed by atoms with E-state index < -0.39 is 0 Å². The predicted molar refractivity (Wildman–Crippen MR) is 99.8 cm³/mol. The van der Waals surface area contributed by atoms with E-state index in [-0.39, 0.29) is 17.9 Å². The first-order valence-corrected chi connectivity index (χ1v) is 8.20. The largest absolute Gasteiger partial charge is 0.508 e. The van der Waals surface area contributed by atoms with Gasteiger partial charge in [0.2, 0.25) is 0 Å². The number of benzene rings is 2. The van der Waals surface area contributed by atoms with Crippen LogP contribution < -0.4 is 10.4 Å². The number of nitrogens with zero attached hydrogens (tertiary/aromatic N) is 2. The lowest BCUT2D eigenvalue weighted by Gasteiger charge is -2.13. The average molecular weight is 344 g/mol. The minimum Gasteiger partial charge on any atom is -0.508 e. The molecule has 0 radical (unpaired) electrons. The number of rotatable bonds is 4. The first kappa shape index (κ1) is 15.9. The van der Waals surface area contributed by atoms with Crippen LogP contribution in [0.15, 0.2) is 83.8 Å². The molecule has 0 fully saturated rings. The topological polar surface area (TPSA) is 64.3 Å². The molecule has 0 atom stereocenters. The van der Waals surface area contributed by atoms with Crippen molar-refractivity contribution in [1.82, 2.24) is 9.71 Å². The van der Waals surface area contributed by atoms with Crippen molar-refractivity contribution in [3.8, 4) is 16.9 Å². The molecule has 128 valence electrons. The van der Waals surface area contributed by atoms with Gasteiger partial charge in [0.25, 0.3) is 5.56 Å². The van der Waals surface area contributed by atoms with E-state index in [1.54, 1.807) is 30.5 Å². The summed E-state index contributed by atoms with van der Waals surface area (Å²) in [7, 11) is 0. The molecule has 4 aromatic rings. The molecule has 2 heterocycles. The highest BCUT2D eigenvalue weighted by Gasteiger charge is 2.12. The summed E-state index contributed by atoms with van der Waals surface area (Å²) in [5.74, 6) is 0.143. The Morgan fingerprint density at radius 2 is 1.81 bits per heavy atom. The van der Waals surface area contributed by atoms with Crippen molar-refractivity contribution < 1.29 is 9.94 Å². The summed E-state index contributed by atoms with van der Waals surface area (Å²) in [5.41, 5.74) is 2.53. The summed E-state index contributed by atoms with van der Waals surface area (Å²) < 4.78 is 1.22. The average Bonchev–Trinajstić information content (AvgIpc) is 2.67. The van der Waals surface area contributed by atoms with Crippen LogP contribution in [0, 0.1) is 0 Å². The van der Waals surface area contributed by atoms with Gasteiger partial charge in [0.05, 0.1) is 0 Å². The maximum atomic E-state index is 12.7. The maximum Gasteiger partial charge on any atom is 0.285 e. The molecule has 2 aromatic heterocycles. The first-order chi connectivity index (χ1) is 12.7. The fourth-order valence-electron chi connectivity index (χ4n) is 2.88. The third-order valence-corrected chi connectivity index (χ3v) is 4.10. The summed E-state index contributed by atoms with van der Waals surface area (Å²) >= 11 is 0. The molecule has 0 unspecified atom stereocenters. The second-order valence-electron chi connectivity index (χ2n) is 5.87. The smallest absolute Gasteiger partial charge is 0.285 e. The summed E-state index contributed by atoms with van der Waals surface area (Å²) in [6, 6.07) is 21.6. The Kier molecular flexibility index (Phi) is 4.11. The van der Waals surface area contributed by atoms with Crippen LogP contribution in [0.3, 0.4) is 0 Å². The minimum absolute atomic E-state index is 0.143. The number of phenolic OH excluding ortho intramolecular Hbond substituents is 1. The zero-order valence-corrected chi connectivity index (χ0v) is 13.9. The van der Waals surface area contributed by atoms with Gasteiger partial charge in [0.1, 0.15) is 12.4 Å². The Balaban J connectivity index is 1.82. The van der Waals surface area contributed by atoms with Crippen molar-refractivity contribution >= 4 is 11.0 Å².